The van der Waals surface area contributed by atoms with E-state index < -0.39 is 5.60 Å². The highest BCUT2D eigenvalue weighted by Crippen LogP contribution is 2.12. The Labute approximate surface area is 190 Å². The Balaban J connectivity index is 1.36. The second-order valence-electron chi connectivity index (χ2n) is 9.86. The molecule has 1 aliphatic heterocycles. The van der Waals surface area contributed by atoms with Crippen molar-refractivity contribution < 1.29 is 9.53 Å². The maximum absolute atomic E-state index is 11.6. The summed E-state index contributed by atoms with van der Waals surface area (Å²) in [5, 5.41) is 6.60. The molecule has 5 nitrogen and oxygen atoms in total. The first-order valence-corrected chi connectivity index (χ1v) is 12.4. The molecular weight excluding hydrogens is 386 g/mol. The normalized spacial score (nSPS) is 15.7. The number of carbonyl (C=O) groups excluding carboxylic acids is 1. The lowest BCUT2D eigenvalue weighted by Crippen LogP contribution is -2.43. The number of benzene rings is 1. The van der Waals surface area contributed by atoms with E-state index in [1.807, 2.05) is 20.8 Å². The number of likely N-dealkylation sites (tertiary alicyclic amines) is 1. The number of amides is 1. The summed E-state index contributed by atoms with van der Waals surface area (Å²) in [5.74, 6) is 0. The Morgan fingerprint density at radius 1 is 0.968 bits per heavy atom. The Morgan fingerprint density at radius 3 is 2.23 bits per heavy atom. The fourth-order valence-electron chi connectivity index (χ4n) is 4.06. The van der Waals surface area contributed by atoms with Gasteiger partial charge in [-0.1, -0.05) is 56.0 Å². The highest BCUT2D eigenvalue weighted by molar-refractivity contribution is 5.67. The molecule has 5 heteroatoms. The van der Waals surface area contributed by atoms with E-state index in [1.54, 1.807) is 0 Å². The van der Waals surface area contributed by atoms with Crippen molar-refractivity contribution in [2.24, 2.45) is 0 Å². The molecule has 0 unspecified atom stereocenters. The number of rotatable bonds is 13. The van der Waals surface area contributed by atoms with E-state index >= 15 is 0 Å². The minimum atomic E-state index is -0.419. The predicted molar refractivity (Wildman–Crippen MR) is 130 cm³/mol. The largest absolute Gasteiger partial charge is 0.444 e. The van der Waals surface area contributed by atoms with Crippen LogP contribution >= 0.6 is 0 Å². The van der Waals surface area contributed by atoms with E-state index in [9.17, 15) is 4.79 Å². The van der Waals surface area contributed by atoms with Gasteiger partial charge in [0, 0.05) is 19.1 Å². The van der Waals surface area contributed by atoms with Gasteiger partial charge in [0.15, 0.2) is 0 Å². The minimum absolute atomic E-state index is 0.305. The summed E-state index contributed by atoms with van der Waals surface area (Å²) in [6, 6.07) is 11.5. The van der Waals surface area contributed by atoms with Gasteiger partial charge in [0.1, 0.15) is 5.60 Å². The standard InChI is InChI=1S/C26H45N3O2/c1-26(2,3)31-25(30)28-19-12-7-5-4-6-11-18-27-24-16-21-29(22-17-24)20-15-23-13-9-8-10-14-23/h8-10,13-14,24,27H,4-7,11-12,15-22H2,1-3H3,(H,28,30). The quantitative estimate of drug-likeness (QED) is 0.424. The van der Waals surface area contributed by atoms with E-state index in [2.05, 4.69) is 45.9 Å². The predicted octanol–water partition coefficient (Wildman–Crippen LogP) is 5.15. The monoisotopic (exact) mass is 431 g/mol. The molecule has 0 bridgehead atoms. The summed E-state index contributed by atoms with van der Waals surface area (Å²) >= 11 is 0. The lowest BCUT2D eigenvalue weighted by Gasteiger charge is -2.32. The first-order chi connectivity index (χ1) is 14.9. The molecule has 0 aliphatic carbocycles. The molecule has 1 fully saturated rings. The lowest BCUT2D eigenvalue weighted by atomic mass is 10.0. The number of alkyl carbamates (subject to hydrolysis) is 1. The van der Waals surface area contributed by atoms with Crippen LogP contribution < -0.4 is 10.6 Å². The van der Waals surface area contributed by atoms with Crippen LogP contribution in [0.2, 0.25) is 0 Å². The van der Waals surface area contributed by atoms with Crippen molar-refractivity contribution in [2.75, 3.05) is 32.7 Å². The van der Waals surface area contributed by atoms with Crippen molar-refractivity contribution in [3.63, 3.8) is 0 Å². The van der Waals surface area contributed by atoms with Crippen LogP contribution in [0, 0.1) is 0 Å². The highest BCUT2D eigenvalue weighted by Gasteiger charge is 2.18. The van der Waals surface area contributed by atoms with Crippen LogP contribution in [-0.4, -0.2) is 55.4 Å². The molecule has 0 spiro atoms. The van der Waals surface area contributed by atoms with Crippen LogP contribution in [0.3, 0.4) is 0 Å². The second-order valence-corrected chi connectivity index (χ2v) is 9.86. The maximum atomic E-state index is 11.6. The number of piperidine rings is 1. The summed E-state index contributed by atoms with van der Waals surface area (Å²) in [5.41, 5.74) is 1.03. The van der Waals surface area contributed by atoms with E-state index in [0.29, 0.717) is 12.6 Å². The zero-order valence-corrected chi connectivity index (χ0v) is 20.1. The van der Waals surface area contributed by atoms with Crippen molar-refractivity contribution in [3.8, 4) is 0 Å². The number of nitrogens with one attached hydrogen (secondary N) is 2. The summed E-state index contributed by atoms with van der Waals surface area (Å²) < 4.78 is 5.24. The van der Waals surface area contributed by atoms with Gasteiger partial charge >= 0.3 is 6.09 Å². The topological polar surface area (TPSA) is 53.6 Å². The molecule has 0 radical (unpaired) electrons. The molecule has 0 atom stereocenters. The molecule has 0 aromatic heterocycles. The van der Waals surface area contributed by atoms with Gasteiger partial charge in [0.05, 0.1) is 0 Å². The second kappa shape index (κ2) is 14.5. The van der Waals surface area contributed by atoms with Gasteiger partial charge in [0.25, 0.3) is 0 Å². The number of carbonyl (C=O) groups is 1. The molecular formula is C26H45N3O2. The van der Waals surface area contributed by atoms with Gasteiger partial charge in [-0.25, -0.2) is 4.79 Å². The molecule has 2 rings (SSSR count). The number of hydrogen-bond acceptors (Lipinski definition) is 4. The summed E-state index contributed by atoms with van der Waals surface area (Å²) in [7, 11) is 0. The highest BCUT2D eigenvalue weighted by atomic mass is 16.6. The smallest absolute Gasteiger partial charge is 0.407 e. The van der Waals surface area contributed by atoms with Crippen LogP contribution in [0.5, 0.6) is 0 Å². The zero-order valence-electron chi connectivity index (χ0n) is 20.1. The van der Waals surface area contributed by atoms with E-state index in [1.165, 1.54) is 70.1 Å². The minimum Gasteiger partial charge on any atom is -0.444 e. The molecule has 2 N–H and O–H groups in total. The van der Waals surface area contributed by atoms with Crippen LogP contribution in [0.1, 0.15) is 77.7 Å². The average Bonchev–Trinajstić information content (AvgIpc) is 2.74. The molecule has 1 aromatic carbocycles. The molecule has 1 aromatic rings. The van der Waals surface area contributed by atoms with E-state index in [-0.39, 0.29) is 6.09 Å². The SMILES string of the molecule is CC(C)(C)OC(=O)NCCCCCCCCNC1CCN(CCc2ccccc2)CC1. The van der Waals surface area contributed by atoms with Gasteiger partial charge < -0.3 is 20.3 Å². The first kappa shape index (κ1) is 25.7. The zero-order chi connectivity index (χ0) is 22.4. The van der Waals surface area contributed by atoms with E-state index in [0.717, 1.165) is 19.4 Å². The van der Waals surface area contributed by atoms with Crippen LogP contribution in [0.25, 0.3) is 0 Å². The fourth-order valence-corrected chi connectivity index (χ4v) is 4.06. The third kappa shape index (κ3) is 12.8. The Bertz CT molecular complexity index is 592. The van der Waals surface area contributed by atoms with Crippen molar-refractivity contribution in [1.29, 1.82) is 0 Å². The van der Waals surface area contributed by atoms with Crippen LogP contribution in [-0.2, 0) is 11.2 Å². The third-order valence-corrected chi connectivity index (χ3v) is 5.85. The third-order valence-electron chi connectivity index (χ3n) is 5.85. The van der Waals surface area contributed by atoms with Crippen molar-refractivity contribution in [2.45, 2.75) is 90.2 Å². The first-order valence-electron chi connectivity index (χ1n) is 12.4. The van der Waals surface area contributed by atoms with Gasteiger partial charge in [0.2, 0.25) is 0 Å². The lowest BCUT2D eigenvalue weighted by molar-refractivity contribution is 0.0527. The number of hydrogen-bond donors (Lipinski definition) is 2. The van der Waals surface area contributed by atoms with Crippen LogP contribution in [0.4, 0.5) is 4.79 Å². The Morgan fingerprint density at radius 2 is 1.58 bits per heavy atom. The number of unbranched alkanes of at least 4 members (excludes halogenated alkanes) is 5. The molecule has 1 amide bonds. The van der Waals surface area contributed by atoms with Crippen LogP contribution in [0.15, 0.2) is 30.3 Å². The van der Waals surface area contributed by atoms with Crippen molar-refractivity contribution in [3.05, 3.63) is 35.9 Å². The van der Waals surface area contributed by atoms with Gasteiger partial charge in [-0.2, -0.15) is 0 Å². The summed E-state index contributed by atoms with van der Waals surface area (Å²) in [6.07, 6.45) is 10.7. The number of nitrogens with zero attached hydrogens (tertiary/aromatic N) is 1. The average molecular weight is 432 g/mol. The van der Waals surface area contributed by atoms with Gasteiger partial charge in [-0.3, -0.25) is 0 Å². The van der Waals surface area contributed by atoms with Gasteiger partial charge in [-0.15, -0.1) is 0 Å². The molecule has 31 heavy (non-hydrogen) atoms. The van der Waals surface area contributed by atoms with Gasteiger partial charge in [-0.05, 0) is 78.1 Å². The van der Waals surface area contributed by atoms with Crippen molar-refractivity contribution >= 4 is 6.09 Å². The molecule has 1 aliphatic rings. The van der Waals surface area contributed by atoms with E-state index in [4.69, 9.17) is 4.74 Å². The molecule has 1 saturated heterocycles. The fraction of sp³-hybridized carbons (Fsp3) is 0.731. The summed E-state index contributed by atoms with van der Waals surface area (Å²) in [6.45, 7) is 11.1. The Hall–Kier alpha value is -1.59. The number of ether oxygens (including phenoxy) is 1. The molecule has 0 saturated carbocycles. The van der Waals surface area contributed by atoms with Crippen molar-refractivity contribution in [1.82, 2.24) is 15.5 Å². The Kier molecular flexibility index (Phi) is 12.0. The molecule has 176 valence electrons. The maximum Gasteiger partial charge on any atom is 0.407 e. The summed E-state index contributed by atoms with van der Waals surface area (Å²) in [4.78, 5) is 14.2. The molecule has 1 heterocycles.